The minimum absolute atomic E-state index is 0.0100. The molecule has 1 saturated heterocycles. The maximum absolute atomic E-state index is 13.0. The Balaban J connectivity index is 1.46. The maximum atomic E-state index is 13.0. The van der Waals surface area contributed by atoms with Gasteiger partial charge in [-0.2, -0.15) is 9.78 Å². The Morgan fingerprint density at radius 3 is 2.58 bits per heavy atom. The lowest BCUT2D eigenvalue weighted by atomic mass is 10.3. The molecule has 1 aliphatic heterocycles. The van der Waals surface area contributed by atoms with Crippen LogP contribution in [-0.4, -0.2) is 45.1 Å². The lowest BCUT2D eigenvalue weighted by Gasteiger charge is -2.26. The number of anilines is 1. The Bertz CT molecular complexity index is 1100. The zero-order valence-electron chi connectivity index (χ0n) is 16.3. The molecule has 0 aliphatic carbocycles. The first-order chi connectivity index (χ1) is 15.0. The van der Waals surface area contributed by atoms with E-state index in [1.165, 1.54) is 35.1 Å². The molecule has 1 fully saturated rings. The van der Waals surface area contributed by atoms with Gasteiger partial charge in [0.05, 0.1) is 37.3 Å². The number of hydrogen-bond donors (Lipinski definition) is 1. The van der Waals surface area contributed by atoms with E-state index in [4.69, 9.17) is 21.1 Å². The van der Waals surface area contributed by atoms with Gasteiger partial charge in [-0.1, -0.05) is 11.6 Å². The molecule has 0 radical (unpaired) electrons. The molecule has 31 heavy (non-hydrogen) atoms. The highest BCUT2D eigenvalue weighted by atomic mass is 35.5. The van der Waals surface area contributed by atoms with Crippen molar-refractivity contribution in [3.05, 3.63) is 75.9 Å². The number of benzene rings is 2. The molecule has 162 valence electrons. The largest absolute Gasteiger partial charge is 0.616 e. The van der Waals surface area contributed by atoms with Crippen LogP contribution in [0.5, 0.6) is 11.5 Å². The molecule has 2 heterocycles. The van der Waals surface area contributed by atoms with Gasteiger partial charge in [0.25, 0.3) is 5.56 Å². The topological polar surface area (TPSA) is 88.4 Å². The van der Waals surface area contributed by atoms with Crippen LogP contribution in [0.1, 0.15) is 0 Å². The Morgan fingerprint density at radius 2 is 1.90 bits per heavy atom. The van der Waals surface area contributed by atoms with Crippen molar-refractivity contribution in [2.45, 2.75) is 5.25 Å². The van der Waals surface area contributed by atoms with Crippen LogP contribution in [0.3, 0.4) is 0 Å². The summed E-state index contributed by atoms with van der Waals surface area (Å²) >= 11 is 5.27. The highest BCUT2D eigenvalue weighted by Crippen LogP contribution is 2.23. The molecule has 2 aromatic carbocycles. The average molecular weight is 464 g/mol. The molecule has 2 atom stereocenters. The summed E-state index contributed by atoms with van der Waals surface area (Å²) in [6.07, 6.45) is 1.46. The molecule has 0 unspecified atom stereocenters. The van der Waals surface area contributed by atoms with Gasteiger partial charge < -0.3 is 19.3 Å². The number of rotatable bonds is 6. The first kappa shape index (κ1) is 21.6. The van der Waals surface area contributed by atoms with Gasteiger partial charge in [0.15, 0.2) is 5.25 Å². The molecule has 0 spiro atoms. The van der Waals surface area contributed by atoms with Crippen LogP contribution in [0.25, 0.3) is 5.69 Å². The number of halogens is 2. The Labute approximate surface area is 185 Å². The van der Waals surface area contributed by atoms with Gasteiger partial charge in [0.2, 0.25) is 0 Å². The fourth-order valence-electron chi connectivity index (χ4n) is 3.01. The third-order valence-corrected chi connectivity index (χ3v) is 6.65. The van der Waals surface area contributed by atoms with E-state index < -0.39 is 16.7 Å². The van der Waals surface area contributed by atoms with E-state index in [0.29, 0.717) is 48.4 Å². The van der Waals surface area contributed by atoms with Crippen molar-refractivity contribution in [1.82, 2.24) is 9.78 Å². The zero-order valence-corrected chi connectivity index (χ0v) is 17.9. The fourth-order valence-corrected chi connectivity index (χ4v) is 4.34. The van der Waals surface area contributed by atoms with Crippen molar-refractivity contribution in [2.75, 3.05) is 30.8 Å². The third kappa shape index (κ3) is 5.19. The second kappa shape index (κ2) is 9.69. The monoisotopic (exact) mass is 463 g/mol. The second-order valence-electron chi connectivity index (χ2n) is 6.80. The number of ether oxygens (including phenoxy) is 2. The Kier molecular flexibility index (Phi) is 6.77. The van der Waals surface area contributed by atoms with Gasteiger partial charge >= 0.3 is 0 Å². The number of aromatic nitrogens is 2. The van der Waals surface area contributed by atoms with Gasteiger partial charge in [-0.15, -0.1) is 0 Å². The van der Waals surface area contributed by atoms with E-state index in [0.717, 1.165) is 0 Å². The van der Waals surface area contributed by atoms with Crippen molar-refractivity contribution in [1.29, 1.82) is 0 Å². The fraction of sp³-hybridized carbons (Fsp3) is 0.238. The molecule has 1 N–H and O–H groups in total. The van der Waals surface area contributed by atoms with E-state index in [-0.39, 0.29) is 16.1 Å². The number of hydrogen-bond acceptors (Lipinski definition) is 6. The smallest absolute Gasteiger partial charge is 0.292 e. The quantitative estimate of drug-likeness (QED) is 0.564. The molecular formula is C21H19ClFN3O4S. The first-order valence-electron chi connectivity index (χ1n) is 9.52. The summed E-state index contributed by atoms with van der Waals surface area (Å²) in [5.41, 5.74) is 0.397. The van der Waals surface area contributed by atoms with Gasteiger partial charge in [0.1, 0.15) is 28.1 Å². The van der Waals surface area contributed by atoms with Gasteiger partial charge in [-0.05, 0) is 59.7 Å². The third-order valence-electron chi connectivity index (χ3n) is 4.67. The van der Waals surface area contributed by atoms with Gasteiger partial charge in [-0.25, -0.2) is 4.39 Å². The Morgan fingerprint density at radius 1 is 1.23 bits per heavy atom. The van der Waals surface area contributed by atoms with Crippen molar-refractivity contribution in [2.24, 2.45) is 0 Å². The predicted octanol–water partition coefficient (Wildman–Crippen LogP) is 3.38. The molecule has 7 nitrogen and oxygen atoms in total. The van der Waals surface area contributed by atoms with Crippen LogP contribution < -0.4 is 15.6 Å². The highest BCUT2D eigenvalue weighted by Gasteiger charge is 2.27. The molecule has 4 rings (SSSR count). The minimum Gasteiger partial charge on any atom is -0.616 e. The van der Waals surface area contributed by atoms with E-state index >= 15 is 0 Å². The molecule has 3 aromatic rings. The summed E-state index contributed by atoms with van der Waals surface area (Å²) in [7, 11) is 0. The minimum atomic E-state index is -0.981. The van der Waals surface area contributed by atoms with Gasteiger partial charge in [-0.3, -0.25) is 4.79 Å². The normalized spacial score (nSPS) is 18.5. The predicted molar refractivity (Wildman–Crippen MR) is 117 cm³/mol. The van der Waals surface area contributed by atoms with Crippen LogP contribution in [0, 0.1) is 5.82 Å². The molecule has 0 saturated carbocycles. The van der Waals surface area contributed by atoms with Gasteiger partial charge in [0, 0.05) is 0 Å². The maximum Gasteiger partial charge on any atom is 0.292 e. The molecule has 0 amide bonds. The molecule has 10 heteroatoms. The zero-order chi connectivity index (χ0) is 21.8. The molecule has 1 aromatic heterocycles. The number of nitrogens with zero attached hydrogens (tertiary/aromatic N) is 2. The molecular weight excluding hydrogens is 445 g/mol. The summed E-state index contributed by atoms with van der Waals surface area (Å²) in [6.45, 7) is 1.26. The van der Waals surface area contributed by atoms with E-state index in [2.05, 4.69) is 10.4 Å². The second-order valence-corrected chi connectivity index (χ2v) is 9.02. The summed E-state index contributed by atoms with van der Waals surface area (Å²) in [6, 6.07) is 12.3. The number of nitrogens with one attached hydrogen (secondary N) is 1. The van der Waals surface area contributed by atoms with Crippen molar-refractivity contribution in [3.8, 4) is 17.2 Å². The molecule has 1 aliphatic rings. The van der Waals surface area contributed by atoms with Crippen molar-refractivity contribution in [3.63, 3.8) is 0 Å². The summed E-state index contributed by atoms with van der Waals surface area (Å²) in [4.78, 5) is 12.7. The summed E-state index contributed by atoms with van der Waals surface area (Å²) in [5, 5.41) is 7.05. The van der Waals surface area contributed by atoms with E-state index in [1.807, 2.05) is 0 Å². The highest BCUT2D eigenvalue weighted by molar-refractivity contribution is 7.92. The Hall–Kier alpha value is -2.59. The van der Waals surface area contributed by atoms with E-state index in [9.17, 15) is 13.7 Å². The first-order valence-corrected chi connectivity index (χ1v) is 11.3. The van der Waals surface area contributed by atoms with Crippen LogP contribution >= 0.6 is 11.6 Å². The van der Waals surface area contributed by atoms with Crippen molar-refractivity contribution < 1.29 is 18.4 Å². The van der Waals surface area contributed by atoms with E-state index in [1.54, 1.807) is 24.3 Å². The SMILES string of the molecule is O=c1c(Cl)c(NC[C@H]2COCC[S@@+]2[O-])cnn1-c1ccc(Oc2ccc(F)cc2)cc1. The van der Waals surface area contributed by atoms with Crippen LogP contribution in [0.15, 0.2) is 59.5 Å². The van der Waals surface area contributed by atoms with Crippen LogP contribution in [0.2, 0.25) is 5.02 Å². The van der Waals surface area contributed by atoms with Crippen molar-refractivity contribution >= 4 is 28.5 Å². The lowest BCUT2D eigenvalue weighted by Crippen LogP contribution is -2.40. The van der Waals surface area contributed by atoms with Crippen LogP contribution in [-0.2, 0) is 15.9 Å². The average Bonchev–Trinajstić information content (AvgIpc) is 2.78. The van der Waals surface area contributed by atoms with Crippen LogP contribution in [0.4, 0.5) is 10.1 Å². The standard InChI is InChI=1S/C21H19ClFN3O4S/c22-20-19(24-11-18-13-29-9-10-31(18)28)12-25-26(21(20)27)15-3-7-17(8-4-15)30-16-5-1-14(23)2-6-16/h1-8,12,18,24H,9-11,13H2/t18-,31+/m0/s1. The summed E-state index contributed by atoms with van der Waals surface area (Å²) < 4.78 is 37.2. The summed E-state index contributed by atoms with van der Waals surface area (Å²) in [5.74, 6) is 1.17. The lowest BCUT2D eigenvalue weighted by molar-refractivity contribution is 0.139. The molecule has 0 bridgehead atoms.